The lowest BCUT2D eigenvalue weighted by atomic mass is 9.95. The van der Waals surface area contributed by atoms with Gasteiger partial charge in [-0.15, -0.1) is 0 Å². The van der Waals surface area contributed by atoms with Gasteiger partial charge in [-0.3, -0.25) is 9.59 Å². The van der Waals surface area contributed by atoms with Crippen molar-refractivity contribution in [3.8, 4) is 5.75 Å². The first kappa shape index (κ1) is 18.7. The molecule has 2 heterocycles. The van der Waals surface area contributed by atoms with E-state index >= 15 is 0 Å². The molecule has 2 aliphatic heterocycles. The van der Waals surface area contributed by atoms with E-state index in [1.165, 1.54) is 0 Å². The number of carbonyl (C=O) groups excluding carboxylic acids is 2. The van der Waals surface area contributed by atoms with Crippen molar-refractivity contribution in [3.05, 3.63) is 24.3 Å². The highest BCUT2D eigenvalue weighted by molar-refractivity contribution is 5.92. The number of hydrogen-bond donors (Lipinski definition) is 1. The second kappa shape index (κ2) is 9.03. The van der Waals surface area contributed by atoms with E-state index in [0.717, 1.165) is 58.4 Å². The molecule has 2 aliphatic rings. The molecule has 26 heavy (non-hydrogen) atoms. The monoisotopic (exact) mass is 359 g/mol. The SMILES string of the molecule is COc1ccccc1NC(=O)CCN1CCC(C(=O)N2CCCC2)CC1. The minimum Gasteiger partial charge on any atom is -0.495 e. The number of nitrogens with zero attached hydrogens (tertiary/aromatic N) is 2. The maximum absolute atomic E-state index is 12.5. The van der Waals surface area contributed by atoms with Crippen molar-refractivity contribution in [2.24, 2.45) is 5.92 Å². The van der Waals surface area contributed by atoms with E-state index in [1.807, 2.05) is 29.2 Å². The van der Waals surface area contributed by atoms with Crippen LogP contribution in [0.5, 0.6) is 5.75 Å². The molecule has 0 aliphatic carbocycles. The van der Waals surface area contributed by atoms with Crippen molar-refractivity contribution in [1.29, 1.82) is 0 Å². The minimum absolute atomic E-state index is 0.00948. The molecule has 1 aromatic carbocycles. The van der Waals surface area contributed by atoms with Gasteiger partial charge < -0.3 is 19.9 Å². The molecule has 0 bridgehead atoms. The Morgan fingerprint density at radius 2 is 1.81 bits per heavy atom. The molecule has 2 amide bonds. The van der Waals surface area contributed by atoms with Crippen molar-refractivity contribution in [3.63, 3.8) is 0 Å². The molecule has 0 atom stereocenters. The Morgan fingerprint density at radius 1 is 1.12 bits per heavy atom. The summed E-state index contributed by atoms with van der Waals surface area (Å²) in [7, 11) is 1.60. The van der Waals surface area contributed by atoms with Gasteiger partial charge in [0.15, 0.2) is 0 Å². The number of rotatable bonds is 6. The van der Waals surface area contributed by atoms with Gasteiger partial charge in [-0.25, -0.2) is 0 Å². The molecule has 1 aromatic rings. The van der Waals surface area contributed by atoms with Crippen LogP contribution in [0.3, 0.4) is 0 Å². The third kappa shape index (κ3) is 4.75. The molecule has 0 unspecified atom stereocenters. The maximum Gasteiger partial charge on any atom is 0.225 e. The van der Waals surface area contributed by atoms with Crippen LogP contribution in [0.4, 0.5) is 5.69 Å². The van der Waals surface area contributed by atoms with E-state index in [4.69, 9.17) is 4.74 Å². The van der Waals surface area contributed by atoms with Crippen LogP contribution in [0, 0.1) is 5.92 Å². The molecule has 0 spiro atoms. The number of nitrogens with one attached hydrogen (secondary N) is 1. The summed E-state index contributed by atoms with van der Waals surface area (Å²) < 4.78 is 5.26. The fraction of sp³-hybridized carbons (Fsp3) is 0.600. The molecule has 142 valence electrons. The Labute approximate surface area is 155 Å². The standard InChI is InChI=1S/C20H29N3O3/c1-26-18-7-3-2-6-17(18)21-19(24)10-15-22-13-8-16(9-14-22)20(25)23-11-4-5-12-23/h2-3,6-7,16H,4-5,8-15H2,1H3,(H,21,24). The van der Waals surface area contributed by atoms with Gasteiger partial charge in [0.05, 0.1) is 12.8 Å². The largest absolute Gasteiger partial charge is 0.495 e. The molecular weight excluding hydrogens is 330 g/mol. The first-order chi connectivity index (χ1) is 12.7. The van der Waals surface area contributed by atoms with Gasteiger partial charge in [-0.2, -0.15) is 0 Å². The first-order valence-corrected chi connectivity index (χ1v) is 9.61. The minimum atomic E-state index is -0.00948. The summed E-state index contributed by atoms with van der Waals surface area (Å²) in [6, 6.07) is 7.42. The zero-order chi connectivity index (χ0) is 18.4. The van der Waals surface area contributed by atoms with Crippen LogP contribution in [-0.4, -0.2) is 61.4 Å². The highest BCUT2D eigenvalue weighted by Gasteiger charge is 2.29. The summed E-state index contributed by atoms with van der Waals surface area (Å²) >= 11 is 0. The average Bonchev–Trinajstić information content (AvgIpc) is 3.21. The van der Waals surface area contributed by atoms with Crippen molar-refractivity contribution in [2.75, 3.05) is 45.2 Å². The number of amides is 2. The molecule has 3 rings (SSSR count). The Balaban J connectivity index is 1.39. The van der Waals surface area contributed by atoms with E-state index in [1.54, 1.807) is 7.11 Å². The summed E-state index contributed by atoms with van der Waals surface area (Å²) in [5.41, 5.74) is 0.704. The molecule has 1 N–H and O–H groups in total. The van der Waals surface area contributed by atoms with E-state index < -0.39 is 0 Å². The molecule has 2 fully saturated rings. The lowest BCUT2D eigenvalue weighted by Gasteiger charge is -2.33. The normalized spacial score (nSPS) is 18.7. The highest BCUT2D eigenvalue weighted by atomic mass is 16.5. The quantitative estimate of drug-likeness (QED) is 0.847. The number of para-hydroxylation sites is 2. The number of anilines is 1. The van der Waals surface area contributed by atoms with Gasteiger partial charge in [-0.1, -0.05) is 12.1 Å². The third-order valence-corrected chi connectivity index (χ3v) is 5.39. The number of methoxy groups -OCH3 is 1. The van der Waals surface area contributed by atoms with E-state index in [9.17, 15) is 9.59 Å². The van der Waals surface area contributed by atoms with Crippen molar-refractivity contribution >= 4 is 17.5 Å². The number of ether oxygens (including phenoxy) is 1. The topological polar surface area (TPSA) is 61.9 Å². The molecule has 6 heteroatoms. The third-order valence-electron chi connectivity index (χ3n) is 5.39. The summed E-state index contributed by atoms with van der Waals surface area (Å²) in [6.45, 7) is 4.38. The predicted molar refractivity (Wildman–Crippen MR) is 101 cm³/mol. The molecule has 2 saturated heterocycles. The fourth-order valence-corrected chi connectivity index (χ4v) is 3.82. The Morgan fingerprint density at radius 3 is 2.50 bits per heavy atom. The lowest BCUT2D eigenvalue weighted by molar-refractivity contribution is -0.136. The number of carbonyl (C=O) groups is 2. The van der Waals surface area contributed by atoms with Gasteiger partial charge in [0.1, 0.15) is 5.75 Å². The predicted octanol–water partition coefficient (Wildman–Crippen LogP) is 2.36. The zero-order valence-corrected chi connectivity index (χ0v) is 15.6. The van der Waals surface area contributed by atoms with Gasteiger partial charge >= 0.3 is 0 Å². The van der Waals surface area contributed by atoms with E-state index in [0.29, 0.717) is 23.8 Å². The van der Waals surface area contributed by atoms with Crippen LogP contribution < -0.4 is 10.1 Å². The molecule has 6 nitrogen and oxygen atoms in total. The Bertz CT molecular complexity index is 620. The molecule has 0 aromatic heterocycles. The zero-order valence-electron chi connectivity index (χ0n) is 15.6. The van der Waals surface area contributed by atoms with Crippen LogP contribution in [0.15, 0.2) is 24.3 Å². The van der Waals surface area contributed by atoms with E-state index in [-0.39, 0.29) is 11.8 Å². The second-order valence-corrected chi connectivity index (χ2v) is 7.15. The van der Waals surface area contributed by atoms with Crippen molar-refractivity contribution < 1.29 is 14.3 Å². The molecule has 0 radical (unpaired) electrons. The molecule has 0 saturated carbocycles. The molecular formula is C20H29N3O3. The fourth-order valence-electron chi connectivity index (χ4n) is 3.82. The van der Waals surface area contributed by atoms with Crippen LogP contribution in [0.25, 0.3) is 0 Å². The van der Waals surface area contributed by atoms with Crippen molar-refractivity contribution in [1.82, 2.24) is 9.80 Å². The number of piperidine rings is 1. The Kier molecular flexibility index (Phi) is 6.50. The maximum atomic E-state index is 12.5. The van der Waals surface area contributed by atoms with Gasteiger partial charge in [0.25, 0.3) is 0 Å². The summed E-state index contributed by atoms with van der Waals surface area (Å²) in [6.07, 6.45) is 4.55. The van der Waals surface area contributed by atoms with Crippen LogP contribution >= 0.6 is 0 Å². The second-order valence-electron chi connectivity index (χ2n) is 7.15. The number of hydrogen-bond acceptors (Lipinski definition) is 4. The summed E-state index contributed by atoms with van der Waals surface area (Å²) in [4.78, 5) is 29.0. The lowest BCUT2D eigenvalue weighted by Crippen LogP contribution is -2.42. The van der Waals surface area contributed by atoms with Gasteiger partial charge in [0.2, 0.25) is 11.8 Å². The van der Waals surface area contributed by atoms with Crippen LogP contribution in [0.1, 0.15) is 32.1 Å². The number of benzene rings is 1. The number of likely N-dealkylation sites (tertiary alicyclic amines) is 2. The van der Waals surface area contributed by atoms with Gasteiger partial charge in [-0.05, 0) is 50.9 Å². The van der Waals surface area contributed by atoms with E-state index in [2.05, 4.69) is 10.2 Å². The summed E-state index contributed by atoms with van der Waals surface area (Å²) in [5.74, 6) is 1.18. The smallest absolute Gasteiger partial charge is 0.225 e. The Hall–Kier alpha value is -2.08. The first-order valence-electron chi connectivity index (χ1n) is 9.61. The average molecular weight is 359 g/mol. The highest BCUT2D eigenvalue weighted by Crippen LogP contribution is 2.24. The van der Waals surface area contributed by atoms with Crippen LogP contribution in [0.2, 0.25) is 0 Å². The van der Waals surface area contributed by atoms with Crippen LogP contribution in [-0.2, 0) is 9.59 Å². The van der Waals surface area contributed by atoms with Crippen molar-refractivity contribution in [2.45, 2.75) is 32.1 Å². The van der Waals surface area contributed by atoms with Gasteiger partial charge in [0, 0.05) is 32.0 Å². The summed E-state index contributed by atoms with van der Waals surface area (Å²) in [5, 5.41) is 2.91.